The van der Waals surface area contributed by atoms with Crippen LogP contribution in [-0.2, 0) is 14.3 Å². The molecule has 5 nitrogen and oxygen atoms in total. The maximum Gasteiger partial charge on any atom is 0.226 e. The van der Waals surface area contributed by atoms with Crippen molar-refractivity contribution in [3.63, 3.8) is 0 Å². The predicted molar refractivity (Wildman–Crippen MR) is 79.4 cm³/mol. The molecule has 1 aliphatic rings. The summed E-state index contributed by atoms with van der Waals surface area (Å²) < 4.78 is 10.3. The summed E-state index contributed by atoms with van der Waals surface area (Å²) in [5.41, 5.74) is 6.07. The fourth-order valence-corrected chi connectivity index (χ4v) is 3.16. The lowest BCUT2D eigenvalue weighted by Gasteiger charge is -2.36. The maximum atomic E-state index is 12.8. The molecule has 0 aromatic heterocycles. The van der Waals surface area contributed by atoms with Crippen molar-refractivity contribution in [2.75, 3.05) is 34.0 Å². The van der Waals surface area contributed by atoms with Gasteiger partial charge >= 0.3 is 0 Å². The Hall–Kier alpha value is -0.650. The monoisotopic (exact) mass is 286 g/mol. The second-order valence-electron chi connectivity index (χ2n) is 6.10. The van der Waals surface area contributed by atoms with E-state index in [1.807, 2.05) is 11.8 Å². The van der Waals surface area contributed by atoms with Crippen molar-refractivity contribution >= 4 is 5.91 Å². The van der Waals surface area contributed by atoms with E-state index in [0.717, 1.165) is 19.3 Å². The fourth-order valence-electron chi connectivity index (χ4n) is 3.16. The predicted octanol–water partition coefficient (Wildman–Crippen LogP) is 1.26. The van der Waals surface area contributed by atoms with Gasteiger partial charge in [0.1, 0.15) is 0 Å². The topological polar surface area (TPSA) is 64.8 Å². The van der Waals surface area contributed by atoms with E-state index in [0.29, 0.717) is 25.7 Å². The van der Waals surface area contributed by atoms with E-state index in [-0.39, 0.29) is 23.9 Å². The number of rotatable bonds is 7. The first-order valence-electron chi connectivity index (χ1n) is 7.53. The van der Waals surface area contributed by atoms with E-state index in [2.05, 4.69) is 6.92 Å². The molecule has 1 saturated carbocycles. The number of nitrogens with zero attached hydrogens (tertiary/aromatic N) is 1. The molecular formula is C15H30N2O3. The highest BCUT2D eigenvalue weighted by Gasteiger charge is 2.33. The van der Waals surface area contributed by atoms with Gasteiger partial charge in [0.15, 0.2) is 0 Å². The Balaban J connectivity index is 2.70. The fraction of sp³-hybridized carbons (Fsp3) is 0.933. The summed E-state index contributed by atoms with van der Waals surface area (Å²) in [6.45, 7) is 5.90. The molecule has 0 aromatic rings. The SMILES string of the molecule is COCCN(C(=O)C1CC(C)CC(N)C1)C(C)COC. The minimum Gasteiger partial charge on any atom is -0.383 e. The summed E-state index contributed by atoms with van der Waals surface area (Å²) in [7, 11) is 3.32. The molecule has 2 N–H and O–H groups in total. The quantitative estimate of drug-likeness (QED) is 0.765. The number of methoxy groups -OCH3 is 2. The number of carbonyl (C=O) groups is 1. The molecule has 5 heteroatoms. The van der Waals surface area contributed by atoms with E-state index in [1.165, 1.54) is 0 Å². The molecule has 0 saturated heterocycles. The van der Waals surface area contributed by atoms with Crippen molar-refractivity contribution in [1.29, 1.82) is 0 Å². The van der Waals surface area contributed by atoms with E-state index < -0.39 is 0 Å². The summed E-state index contributed by atoms with van der Waals surface area (Å²) in [5, 5.41) is 0. The standard InChI is InChI=1S/C15H30N2O3/c1-11-7-13(9-14(16)8-11)15(18)17(5-6-19-3)12(2)10-20-4/h11-14H,5-10,16H2,1-4H3. The Labute approximate surface area is 122 Å². The molecular weight excluding hydrogens is 256 g/mol. The zero-order valence-corrected chi connectivity index (χ0v) is 13.3. The molecule has 0 aliphatic heterocycles. The van der Waals surface area contributed by atoms with Crippen molar-refractivity contribution in [2.45, 2.75) is 45.2 Å². The van der Waals surface area contributed by atoms with Crippen LogP contribution in [0.2, 0.25) is 0 Å². The lowest BCUT2D eigenvalue weighted by molar-refractivity contribution is -0.141. The summed E-state index contributed by atoms with van der Waals surface area (Å²) in [6.07, 6.45) is 2.76. The largest absolute Gasteiger partial charge is 0.383 e. The minimum atomic E-state index is 0.0462. The summed E-state index contributed by atoms with van der Waals surface area (Å²) in [5.74, 6) is 0.771. The zero-order chi connectivity index (χ0) is 15.1. The molecule has 1 fully saturated rings. The second kappa shape index (κ2) is 8.60. The van der Waals surface area contributed by atoms with Crippen LogP contribution >= 0.6 is 0 Å². The van der Waals surface area contributed by atoms with Gasteiger partial charge in [-0.25, -0.2) is 0 Å². The minimum absolute atomic E-state index is 0.0462. The first-order chi connectivity index (χ1) is 9.49. The Morgan fingerprint density at radius 1 is 1.30 bits per heavy atom. The van der Waals surface area contributed by atoms with Crippen molar-refractivity contribution in [2.24, 2.45) is 17.6 Å². The van der Waals surface area contributed by atoms with Crippen LogP contribution in [0.3, 0.4) is 0 Å². The maximum absolute atomic E-state index is 12.8. The number of carbonyl (C=O) groups excluding carboxylic acids is 1. The van der Waals surface area contributed by atoms with E-state index >= 15 is 0 Å². The van der Waals surface area contributed by atoms with Gasteiger partial charge in [-0.1, -0.05) is 6.92 Å². The highest BCUT2D eigenvalue weighted by Crippen LogP contribution is 2.29. The Morgan fingerprint density at radius 2 is 2.00 bits per heavy atom. The van der Waals surface area contributed by atoms with Gasteiger partial charge in [-0.05, 0) is 32.1 Å². The number of amides is 1. The van der Waals surface area contributed by atoms with E-state index in [4.69, 9.17) is 15.2 Å². The van der Waals surface area contributed by atoms with Gasteiger partial charge in [0, 0.05) is 32.7 Å². The number of nitrogens with two attached hydrogens (primary N) is 1. The van der Waals surface area contributed by atoms with Crippen LogP contribution in [-0.4, -0.2) is 56.9 Å². The smallest absolute Gasteiger partial charge is 0.226 e. The third-order valence-corrected chi connectivity index (χ3v) is 4.09. The third-order valence-electron chi connectivity index (χ3n) is 4.09. The molecule has 118 valence electrons. The van der Waals surface area contributed by atoms with Crippen molar-refractivity contribution in [1.82, 2.24) is 4.90 Å². The first kappa shape index (κ1) is 17.4. The third kappa shape index (κ3) is 5.04. The number of hydrogen-bond acceptors (Lipinski definition) is 4. The second-order valence-corrected chi connectivity index (χ2v) is 6.10. The van der Waals surface area contributed by atoms with Crippen molar-refractivity contribution < 1.29 is 14.3 Å². The normalized spacial score (nSPS) is 28.1. The molecule has 4 unspecified atom stereocenters. The Kier molecular flexibility index (Phi) is 7.48. The zero-order valence-electron chi connectivity index (χ0n) is 13.3. The van der Waals surface area contributed by atoms with E-state index in [9.17, 15) is 4.79 Å². The van der Waals surface area contributed by atoms with Crippen molar-refractivity contribution in [3.8, 4) is 0 Å². The molecule has 20 heavy (non-hydrogen) atoms. The summed E-state index contributed by atoms with van der Waals surface area (Å²) in [6, 6.07) is 0.214. The Morgan fingerprint density at radius 3 is 2.55 bits per heavy atom. The van der Waals surface area contributed by atoms with Gasteiger partial charge in [-0.15, -0.1) is 0 Å². The summed E-state index contributed by atoms with van der Waals surface area (Å²) >= 11 is 0. The molecule has 1 rings (SSSR count). The van der Waals surface area contributed by atoms with Crippen LogP contribution in [0.25, 0.3) is 0 Å². The Bertz CT molecular complexity index is 289. The lowest BCUT2D eigenvalue weighted by atomic mass is 9.79. The molecule has 0 heterocycles. The van der Waals surface area contributed by atoms with Gasteiger partial charge in [0.25, 0.3) is 0 Å². The highest BCUT2D eigenvalue weighted by atomic mass is 16.5. The van der Waals surface area contributed by atoms with E-state index in [1.54, 1.807) is 14.2 Å². The van der Waals surface area contributed by atoms with Gasteiger partial charge in [0.2, 0.25) is 5.91 Å². The molecule has 0 aromatic carbocycles. The molecule has 1 amide bonds. The molecule has 0 bridgehead atoms. The highest BCUT2D eigenvalue weighted by molar-refractivity contribution is 5.79. The lowest BCUT2D eigenvalue weighted by Crippen LogP contribution is -2.48. The van der Waals surface area contributed by atoms with Gasteiger partial charge in [0.05, 0.1) is 19.3 Å². The molecule has 4 atom stereocenters. The first-order valence-corrected chi connectivity index (χ1v) is 7.53. The van der Waals surface area contributed by atoms with Crippen LogP contribution in [0.5, 0.6) is 0 Å². The van der Waals surface area contributed by atoms with Crippen LogP contribution in [0.4, 0.5) is 0 Å². The number of hydrogen-bond donors (Lipinski definition) is 1. The summed E-state index contributed by atoms with van der Waals surface area (Å²) in [4.78, 5) is 14.7. The number of ether oxygens (including phenoxy) is 2. The van der Waals surface area contributed by atoms with Gasteiger partial charge in [-0.3, -0.25) is 4.79 Å². The van der Waals surface area contributed by atoms with Crippen molar-refractivity contribution in [3.05, 3.63) is 0 Å². The van der Waals surface area contributed by atoms with Crippen LogP contribution < -0.4 is 5.73 Å². The molecule has 1 aliphatic carbocycles. The average molecular weight is 286 g/mol. The molecule has 0 radical (unpaired) electrons. The average Bonchev–Trinajstić information content (AvgIpc) is 2.38. The molecule has 0 spiro atoms. The van der Waals surface area contributed by atoms with Crippen LogP contribution in [0.15, 0.2) is 0 Å². The van der Waals surface area contributed by atoms with Gasteiger partial charge < -0.3 is 20.1 Å². The van der Waals surface area contributed by atoms with Crippen LogP contribution in [0.1, 0.15) is 33.1 Å². The van der Waals surface area contributed by atoms with Crippen LogP contribution in [0, 0.1) is 11.8 Å². The van der Waals surface area contributed by atoms with Gasteiger partial charge in [-0.2, -0.15) is 0 Å².